The molecule has 0 atom stereocenters. The molecule has 0 aliphatic carbocycles. The summed E-state index contributed by atoms with van der Waals surface area (Å²) in [5, 5.41) is 10.8. The van der Waals surface area contributed by atoms with Crippen LogP contribution in [-0.4, -0.2) is 29.4 Å². The molecule has 4 heteroatoms. The van der Waals surface area contributed by atoms with Gasteiger partial charge in [-0.15, -0.1) is 0 Å². The van der Waals surface area contributed by atoms with Crippen LogP contribution in [0.4, 0.5) is 5.82 Å². The number of hydrogen-bond donors (Lipinski definition) is 2. The van der Waals surface area contributed by atoms with E-state index in [-0.39, 0.29) is 0 Å². The zero-order valence-corrected chi connectivity index (χ0v) is 7.25. The van der Waals surface area contributed by atoms with Crippen LogP contribution < -0.4 is 10.6 Å². The minimum Gasteiger partial charge on any atom is -0.368 e. The number of anilines is 1. The highest BCUT2D eigenvalue weighted by atomic mass is 15.3. The molecule has 1 aliphatic rings. The molecule has 66 valence electrons. The third-order valence-corrected chi connectivity index (χ3v) is 2.15. The average Bonchev–Trinajstić information content (AvgIpc) is 2.32. The lowest BCUT2D eigenvalue weighted by Gasteiger charge is -2.26. The van der Waals surface area contributed by atoms with Gasteiger partial charge in [0.2, 0.25) is 0 Å². The predicted molar refractivity (Wildman–Crippen MR) is 48.1 cm³/mol. The smallest absolute Gasteiger partial charge is 0.147 e. The largest absolute Gasteiger partial charge is 0.368 e. The number of aromatic nitrogens is 2. The number of nitrogens with zero attached hydrogens (tertiary/aromatic N) is 2. The van der Waals surface area contributed by atoms with E-state index in [0.29, 0.717) is 0 Å². The second-order valence-corrected chi connectivity index (χ2v) is 3.28. The number of rotatable bonds is 3. The Morgan fingerprint density at radius 2 is 2.58 bits per heavy atom. The van der Waals surface area contributed by atoms with Gasteiger partial charge >= 0.3 is 0 Å². The van der Waals surface area contributed by atoms with Crippen LogP contribution >= 0.6 is 0 Å². The topological polar surface area (TPSA) is 41.9 Å². The van der Waals surface area contributed by atoms with Crippen LogP contribution in [0, 0.1) is 5.92 Å². The first kappa shape index (κ1) is 7.61. The first-order valence-electron chi connectivity index (χ1n) is 4.29. The molecule has 0 radical (unpaired) electrons. The Hall–Kier alpha value is -1.03. The van der Waals surface area contributed by atoms with Gasteiger partial charge in [0.05, 0.1) is 0 Å². The van der Waals surface area contributed by atoms with Crippen molar-refractivity contribution in [3.05, 3.63) is 12.3 Å². The van der Waals surface area contributed by atoms with Crippen molar-refractivity contribution < 1.29 is 0 Å². The molecule has 1 aromatic heterocycles. The Balaban J connectivity index is 1.79. The van der Waals surface area contributed by atoms with E-state index in [9.17, 15) is 0 Å². The minimum absolute atomic E-state index is 0.784. The van der Waals surface area contributed by atoms with Gasteiger partial charge in [-0.05, 0) is 0 Å². The van der Waals surface area contributed by atoms with E-state index in [1.165, 1.54) is 0 Å². The highest BCUT2D eigenvalue weighted by Gasteiger charge is 2.15. The van der Waals surface area contributed by atoms with Crippen molar-refractivity contribution in [3.8, 4) is 0 Å². The number of hydrogen-bond acceptors (Lipinski definition) is 3. The van der Waals surface area contributed by atoms with Gasteiger partial charge in [-0.25, -0.2) is 0 Å². The second-order valence-electron chi connectivity index (χ2n) is 3.28. The molecule has 4 nitrogen and oxygen atoms in total. The van der Waals surface area contributed by atoms with Gasteiger partial charge in [-0.3, -0.25) is 4.68 Å². The van der Waals surface area contributed by atoms with Crippen molar-refractivity contribution in [2.24, 2.45) is 13.0 Å². The van der Waals surface area contributed by atoms with E-state index in [2.05, 4.69) is 15.7 Å². The number of nitrogens with one attached hydrogen (secondary N) is 2. The quantitative estimate of drug-likeness (QED) is 0.666. The summed E-state index contributed by atoms with van der Waals surface area (Å²) in [4.78, 5) is 0. The van der Waals surface area contributed by atoms with E-state index in [1.54, 1.807) is 4.68 Å². The van der Waals surface area contributed by atoms with E-state index >= 15 is 0 Å². The van der Waals surface area contributed by atoms with E-state index in [1.807, 2.05) is 19.3 Å². The summed E-state index contributed by atoms with van der Waals surface area (Å²) in [5.41, 5.74) is 0. The highest BCUT2D eigenvalue weighted by Crippen LogP contribution is 2.06. The molecule has 0 amide bonds. The van der Waals surface area contributed by atoms with Crippen LogP contribution in [0.25, 0.3) is 0 Å². The SMILES string of the molecule is Cn1ccc(NCC2CNC2)n1. The van der Waals surface area contributed by atoms with Crippen molar-refractivity contribution in [2.45, 2.75) is 0 Å². The Morgan fingerprint density at radius 1 is 1.75 bits per heavy atom. The molecule has 0 bridgehead atoms. The fourth-order valence-corrected chi connectivity index (χ4v) is 1.25. The van der Waals surface area contributed by atoms with Crippen molar-refractivity contribution in [1.29, 1.82) is 0 Å². The molecule has 0 spiro atoms. The molecule has 1 saturated heterocycles. The normalized spacial score (nSPS) is 17.4. The Kier molecular flexibility index (Phi) is 1.99. The summed E-state index contributed by atoms with van der Waals surface area (Å²) in [6.07, 6.45) is 1.95. The van der Waals surface area contributed by atoms with Gasteiger partial charge < -0.3 is 10.6 Å². The fourth-order valence-electron chi connectivity index (χ4n) is 1.25. The van der Waals surface area contributed by atoms with E-state index in [4.69, 9.17) is 0 Å². The van der Waals surface area contributed by atoms with Gasteiger partial charge in [0.25, 0.3) is 0 Å². The highest BCUT2D eigenvalue weighted by molar-refractivity contribution is 5.32. The van der Waals surface area contributed by atoms with Gasteiger partial charge in [-0.1, -0.05) is 0 Å². The van der Waals surface area contributed by atoms with Gasteiger partial charge in [0, 0.05) is 44.9 Å². The van der Waals surface area contributed by atoms with Crippen LogP contribution in [0.1, 0.15) is 0 Å². The summed E-state index contributed by atoms with van der Waals surface area (Å²) in [5.74, 6) is 1.76. The Labute approximate surface area is 72.0 Å². The van der Waals surface area contributed by atoms with Crippen molar-refractivity contribution >= 4 is 5.82 Å². The molecule has 1 fully saturated rings. The first-order valence-corrected chi connectivity index (χ1v) is 4.29. The molecule has 2 rings (SSSR count). The summed E-state index contributed by atoms with van der Waals surface area (Å²) in [7, 11) is 1.93. The molecular weight excluding hydrogens is 152 g/mol. The summed E-state index contributed by atoms with van der Waals surface area (Å²) in [6.45, 7) is 3.31. The van der Waals surface area contributed by atoms with Crippen LogP contribution in [0.15, 0.2) is 12.3 Å². The molecule has 0 unspecified atom stereocenters. The zero-order valence-electron chi connectivity index (χ0n) is 7.25. The van der Waals surface area contributed by atoms with Crippen LogP contribution in [0.2, 0.25) is 0 Å². The minimum atomic E-state index is 0.784. The maximum absolute atomic E-state index is 4.23. The zero-order chi connectivity index (χ0) is 8.39. The molecule has 2 N–H and O–H groups in total. The van der Waals surface area contributed by atoms with Crippen LogP contribution in [0.3, 0.4) is 0 Å². The van der Waals surface area contributed by atoms with Crippen molar-refractivity contribution in [3.63, 3.8) is 0 Å². The van der Waals surface area contributed by atoms with Gasteiger partial charge in [-0.2, -0.15) is 5.10 Å². The molecular formula is C8H14N4. The lowest BCUT2D eigenvalue weighted by molar-refractivity contribution is 0.365. The maximum Gasteiger partial charge on any atom is 0.147 e. The second kappa shape index (κ2) is 3.15. The fraction of sp³-hybridized carbons (Fsp3) is 0.625. The maximum atomic E-state index is 4.23. The summed E-state index contributed by atoms with van der Waals surface area (Å²) < 4.78 is 1.81. The molecule has 12 heavy (non-hydrogen) atoms. The van der Waals surface area contributed by atoms with E-state index in [0.717, 1.165) is 31.4 Å². The molecule has 1 aromatic rings. The standard InChI is InChI=1S/C8H14N4/c1-12-3-2-8(11-12)10-6-7-4-9-5-7/h2-3,7,9H,4-6H2,1H3,(H,10,11). The van der Waals surface area contributed by atoms with Crippen LogP contribution in [-0.2, 0) is 7.05 Å². The Morgan fingerprint density at radius 3 is 3.08 bits per heavy atom. The lowest BCUT2D eigenvalue weighted by Crippen LogP contribution is -2.45. The van der Waals surface area contributed by atoms with Gasteiger partial charge in [0.1, 0.15) is 5.82 Å². The number of aryl methyl sites for hydroxylation is 1. The monoisotopic (exact) mass is 166 g/mol. The first-order chi connectivity index (χ1) is 5.84. The van der Waals surface area contributed by atoms with Crippen LogP contribution in [0.5, 0.6) is 0 Å². The van der Waals surface area contributed by atoms with Crippen molar-refractivity contribution in [1.82, 2.24) is 15.1 Å². The van der Waals surface area contributed by atoms with E-state index < -0.39 is 0 Å². The summed E-state index contributed by atoms with van der Waals surface area (Å²) in [6, 6.07) is 1.99. The third kappa shape index (κ3) is 1.58. The average molecular weight is 166 g/mol. The molecule has 2 heterocycles. The lowest BCUT2D eigenvalue weighted by atomic mass is 10.0. The molecule has 0 saturated carbocycles. The Bertz CT molecular complexity index is 251. The predicted octanol–water partition coefficient (Wildman–Crippen LogP) is 0.0514. The third-order valence-electron chi connectivity index (χ3n) is 2.15. The van der Waals surface area contributed by atoms with Crippen molar-refractivity contribution in [2.75, 3.05) is 25.0 Å². The molecule has 1 aliphatic heterocycles. The summed E-state index contributed by atoms with van der Waals surface area (Å²) >= 11 is 0. The molecule has 0 aromatic carbocycles. The van der Waals surface area contributed by atoms with Gasteiger partial charge in [0.15, 0.2) is 0 Å².